The number of rotatable bonds is 1. The van der Waals surface area contributed by atoms with Crippen LogP contribution in [0.1, 0.15) is 0 Å². The number of hydrogen-bond acceptors (Lipinski definition) is 4. The maximum absolute atomic E-state index is 12.4. The van der Waals surface area contributed by atoms with Crippen LogP contribution in [0.4, 0.5) is 19.0 Å². The van der Waals surface area contributed by atoms with Gasteiger partial charge in [0.1, 0.15) is 5.82 Å². The number of aromatic nitrogens is 2. The van der Waals surface area contributed by atoms with Crippen molar-refractivity contribution in [1.29, 1.82) is 0 Å². The summed E-state index contributed by atoms with van der Waals surface area (Å²) in [6.45, 7) is 0.642. The van der Waals surface area contributed by atoms with Gasteiger partial charge >= 0.3 is 12.1 Å². The molecule has 22 heavy (non-hydrogen) atoms. The van der Waals surface area contributed by atoms with Gasteiger partial charge in [0.05, 0.1) is 17.2 Å². The lowest BCUT2D eigenvalue weighted by Crippen LogP contribution is -2.52. The Balaban J connectivity index is 1.71. The predicted octanol–water partition coefficient (Wildman–Crippen LogP) is 1.84. The van der Waals surface area contributed by atoms with E-state index in [0.717, 1.165) is 15.9 Å². The second kappa shape index (κ2) is 5.43. The molecule has 1 aromatic carbocycles. The number of amides is 1. The van der Waals surface area contributed by atoms with Crippen LogP contribution in [0.3, 0.4) is 0 Å². The number of nitrogens with zero attached hydrogens (tertiary/aromatic N) is 4. The zero-order chi connectivity index (χ0) is 15.7. The first-order chi connectivity index (χ1) is 10.4. The van der Waals surface area contributed by atoms with Crippen molar-refractivity contribution >= 4 is 22.8 Å². The van der Waals surface area contributed by atoms with Crippen LogP contribution in [-0.4, -0.2) is 53.1 Å². The van der Waals surface area contributed by atoms with Crippen molar-refractivity contribution in [3.05, 3.63) is 30.5 Å². The second-order valence-corrected chi connectivity index (χ2v) is 4.99. The van der Waals surface area contributed by atoms with Gasteiger partial charge in [-0.15, -0.1) is 0 Å². The molecular formula is C14H13F3N4O. The fourth-order valence-corrected chi connectivity index (χ4v) is 2.42. The Morgan fingerprint density at radius 2 is 1.68 bits per heavy atom. The van der Waals surface area contributed by atoms with Gasteiger partial charge in [-0.05, 0) is 12.1 Å². The van der Waals surface area contributed by atoms with E-state index < -0.39 is 12.1 Å². The van der Waals surface area contributed by atoms with E-state index in [4.69, 9.17) is 0 Å². The number of carbonyl (C=O) groups excluding carboxylic acids is 1. The van der Waals surface area contributed by atoms with Crippen LogP contribution in [0.2, 0.25) is 0 Å². The normalized spacial score (nSPS) is 16.1. The summed E-state index contributed by atoms with van der Waals surface area (Å²) in [5, 5.41) is 0. The molecule has 1 aliphatic heterocycles. The molecule has 2 aromatic rings. The van der Waals surface area contributed by atoms with Crippen molar-refractivity contribution in [1.82, 2.24) is 14.9 Å². The smallest absolute Gasteiger partial charge is 0.352 e. The summed E-state index contributed by atoms with van der Waals surface area (Å²) in [6, 6.07) is 7.38. The lowest BCUT2D eigenvalue weighted by Gasteiger charge is -2.35. The summed E-state index contributed by atoms with van der Waals surface area (Å²) in [7, 11) is 0. The monoisotopic (exact) mass is 310 g/mol. The molecule has 0 atom stereocenters. The fourth-order valence-electron chi connectivity index (χ4n) is 2.42. The molecule has 0 unspecified atom stereocenters. The molecule has 0 spiro atoms. The number of carbonyl (C=O) groups is 1. The van der Waals surface area contributed by atoms with Crippen molar-refractivity contribution in [3.8, 4) is 0 Å². The van der Waals surface area contributed by atoms with Gasteiger partial charge in [-0.1, -0.05) is 12.1 Å². The van der Waals surface area contributed by atoms with E-state index in [1.54, 1.807) is 6.20 Å². The third-order valence-corrected chi connectivity index (χ3v) is 3.57. The van der Waals surface area contributed by atoms with E-state index in [0.29, 0.717) is 18.9 Å². The number of benzene rings is 1. The Kier molecular flexibility index (Phi) is 3.59. The molecule has 1 fully saturated rings. The van der Waals surface area contributed by atoms with Crippen molar-refractivity contribution in [2.45, 2.75) is 6.18 Å². The van der Waals surface area contributed by atoms with Crippen LogP contribution in [0.5, 0.6) is 0 Å². The number of para-hydroxylation sites is 2. The second-order valence-electron chi connectivity index (χ2n) is 4.99. The van der Waals surface area contributed by atoms with Crippen LogP contribution in [0.25, 0.3) is 11.0 Å². The SMILES string of the molecule is O=C(N1CCN(c2cnc3ccccc3n2)CC1)C(F)(F)F. The molecule has 0 saturated carbocycles. The molecule has 3 rings (SSSR count). The molecule has 0 bridgehead atoms. The Bertz CT molecular complexity index is 696. The molecule has 116 valence electrons. The topological polar surface area (TPSA) is 49.3 Å². The van der Waals surface area contributed by atoms with Gasteiger partial charge in [0.25, 0.3) is 0 Å². The minimum absolute atomic E-state index is 0.0207. The molecule has 0 radical (unpaired) electrons. The molecule has 1 aromatic heterocycles. The Morgan fingerprint density at radius 3 is 2.32 bits per heavy atom. The number of anilines is 1. The molecular weight excluding hydrogens is 297 g/mol. The highest BCUT2D eigenvalue weighted by molar-refractivity contribution is 5.82. The quantitative estimate of drug-likeness (QED) is 0.806. The van der Waals surface area contributed by atoms with Gasteiger partial charge in [-0.2, -0.15) is 13.2 Å². The van der Waals surface area contributed by atoms with Crippen LogP contribution in [0, 0.1) is 0 Å². The molecule has 8 heteroatoms. The van der Waals surface area contributed by atoms with Gasteiger partial charge in [0.2, 0.25) is 0 Å². The minimum Gasteiger partial charge on any atom is -0.352 e. The standard InChI is InChI=1S/C14H13F3N4O/c15-14(16,17)13(22)21-7-5-20(6-8-21)12-9-18-10-3-1-2-4-11(10)19-12/h1-4,9H,5-8H2. The van der Waals surface area contributed by atoms with Gasteiger partial charge in [-0.25, -0.2) is 4.98 Å². The average molecular weight is 310 g/mol. The number of alkyl halides is 3. The van der Waals surface area contributed by atoms with Crippen LogP contribution in [-0.2, 0) is 4.79 Å². The minimum atomic E-state index is -4.81. The average Bonchev–Trinajstić information content (AvgIpc) is 2.53. The van der Waals surface area contributed by atoms with Gasteiger partial charge < -0.3 is 9.80 Å². The summed E-state index contributed by atoms with van der Waals surface area (Å²) in [4.78, 5) is 22.6. The molecule has 0 aliphatic carbocycles. The van der Waals surface area contributed by atoms with Gasteiger partial charge in [0, 0.05) is 26.2 Å². The number of piperazine rings is 1. The Labute approximate surface area is 124 Å². The van der Waals surface area contributed by atoms with E-state index in [1.807, 2.05) is 29.2 Å². The van der Waals surface area contributed by atoms with Crippen molar-refractivity contribution in [3.63, 3.8) is 0 Å². The highest BCUT2D eigenvalue weighted by Gasteiger charge is 2.43. The first kappa shape index (κ1) is 14.6. The van der Waals surface area contributed by atoms with E-state index in [2.05, 4.69) is 9.97 Å². The number of halogens is 3. The van der Waals surface area contributed by atoms with Crippen molar-refractivity contribution in [2.75, 3.05) is 31.1 Å². The highest BCUT2D eigenvalue weighted by Crippen LogP contribution is 2.21. The first-order valence-electron chi connectivity index (χ1n) is 6.78. The van der Waals surface area contributed by atoms with E-state index in [1.165, 1.54) is 0 Å². The van der Waals surface area contributed by atoms with E-state index in [-0.39, 0.29) is 13.1 Å². The summed E-state index contributed by atoms with van der Waals surface area (Å²) < 4.78 is 37.2. The maximum atomic E-state index is 12.4. The van der Waals surface area contributed by atoms with Crippen LogP contribution >= 0.6 is 0 Å². The molecule has 5 nitrogen and oxygen atoms in total. The van der Waals surface area contributed by atoms with E-state index >= 15 is 0 Å². The lowest BCUT2D eigenvalue weighted by atomic mass is 10.3. The fraction of sp³-hybridized carbons (Fsp3) is 0.357. The summed E-state index contributed by atoms with van der Waals surface area (Å²) >= 11 is 0. The first-order valence-corrected chi connectivity index (χ1v) is 6.78. The number of fused-ring (bicyclic) bond motifs is 1. The van der Waals surface area contributed by atoms with Gasteiger partial charge in [-0.3, -0.25) is 9.78 Å². The molecule has 1 aliphatic rings. The Morgan fingerprint density at radius 1 is 1.05 bits per heavy atom. The third kappa shape index (κ3) is 2.81. The largest absolute Gasteiger partial charge is 0.471 e. The van der Waals surface area contributed by atoms with E-state index in [9.17, 15) is 18.0 Å². The summed E-state index contributed by atoms with van der Waals surface area (Å²) in [5.41, 5.74) is 1.49. The Hall–Kier alpha value is -2.38. The third-order valence-electron chi connectivity index (χ3n) is 3.57. The zero-order valence-corrected chi connectivity index (χ0v) is 11.5. The summed E-state index contributed by atoms with van der Waals surface area (Å²) in [6.07, 6.45) is -3.21. The van der Waals surface area contributed by atoms with Crippen molar-refractivity contribution in [2.24, 2.45) is 0 Å². The van der Waals surface area contributed by atoms with Gasteiger partial charge in [0.15, 0.2) is 0 Å². The molecule has 1 amide bonds. The number of hydrogen-bond donors (Lipinski definition) is 0. The zero-order valence-electron chi connectivity index (χ0n) is 11.5. The van der Waals surface area contributed by atoms with Crippen LogP contribution in [0.15, 0.2) is 30.5 Å². The molecule has 2 heterocycles. The molecule has 0 N–H and O–H groups in total. The molecule has 1 saturated heterocycles. The lowest BCUT2D eigenvalue weighted by molar-refractivity contribution is -0.185. The van der Waals surface area contributed by atoms with Crippen molar-refractivity contribution < 1.29 is 18.0 Å². The maximum Gasteiger partial charge on any atom is 0.471 e. The predicted molar refractivity (Wildman–Crippen MR) is 74.4 cm³/mol. The van der Waals surface area contributed by atoms with Crippen LogP contribution < -0.4 is 4.90 Å². The highest BCUT2D eigenvalue weighted by atomic mass is 19.4. The summed E-state index contributed by atoms with van der Waals surface area (Å²) in [5.74, 6) is -1.17.